The number of fused-ring (bicyclic) bond motifs is 5. The van der Waals surface area contributed by atoms with Crippen molar-refractivity contribution in [2.24, 2.45) is 39.7 Å². The van der Waals surface area contributed by atoms with Crippen LogP contribution < -0.4 is 0 Å². The second-order valence-corrected chi connectivity index (χ2v) is 37.2. The largest absolute Gasteiger partial charge is 0.415 e. The van der Waals surface area contributed by atoms with Crippen molar-refractivity contribution in [3.05, 3.63) is 0 Å². The van der Waals surface area contributed by atoms with Crippen molar-refractivity contribution < 1.29 is 22.5 Å². The number of hydrogen-bond acceptors (Lipinski definition) is 6. The zero-order chi connectivity index (χ0) is 33.1. The second kappa shape index (κ2) is 12.6. The van der Waals surface area contributed by atoms with Crippen LogP contribution in [0.15, 0.2) is 5.16 Å². The van der Waals surface area contributed by atoms with Crippen LogP contribution in [0, 0.1) is 34.5 Å². The monoisotopic (exact) mass is 683 g/mol. The maximum atomic E-state index is 7.50. The van der Waals surface area contributed by atoms with E-state index in [2.05, 4.69) is 92.4 Å². The Labute approximate surface area is 275 Å². The first-order valence-electron chi connectivity index (χ1n) is 17.7. The lowest BCUT2D eigenvalue weighted by molar-refractivity contribution is -0.183. The Bertz CT molecular complexity index is 1050. The number of oxime groups is 1. The molecule has 0 N–H and O–H groups in total. The molecule has 0 aromatic heterocycles. The zero-order valence-electron chi connectivity index (χ0n) is 31.3. The molecule has 0 amide bonds. The van der Waals surface area contributed by atoms with Crippen molar-refractivity contribution in [1.82, 2.24) is 0 Å². The summed E-state index contributed by atoms with van der Waals surface area (Å²) in [5.41, 5.74) is 0.678. The molecule has 0 bridgehead atoms. The molecule has 3 unspecified atom stereocenters. The van der Waals surface area contributed by atoms with Crippen molar-refractivity contribution in [3.8, 4) is 0 Å². The minimum absolute atomic E-state index is 0.0970. The highest BCUT2D eigenvalue weighted by molar-refractivity contribution is 6.71. The van der Waals surface area contributed by atoms with Crippen molar-refractivity contribution >= 4 is 39.0 Å². The van der Waals surface area contributed by atoms with Gasteiger partial charge in [-0.05, 0) is 159 Å². The van der Waals surface area contributed by atoms with Gasteiger partial charge in [0.1, 0.15) is 18.4 Å². The van der Waals surface area contributed by atoms with E-state index in [0.717, 1.165) is 24.5 Å². The number of rotatable bonds is 11. The summed E-state index contributed by atoms with van der Waals surface area (Å²) in [5, 5.41) is 4.79. The van der Waals surface area contributed by atoms with Crippen LogP contribution in [0.25, 0.3) is 0 Å². The average Bonchev–Trinajstić information content (AvgIpc) is 3.10. The molecule has 6 nitrogen and oxygen atoms in total. The molecule has 0 radical (unpaired) electrons. The Balaban J connectivity index is 1.78. The lowest BCUT2D eigenvalue weighted by Crippen LogP contribution is -2.66. The predicted octanol–water partition coefficient (Wildman–Crippen LogP) is 9.52. The topological polar surface area (TPSA) is 58.5 Å². The van der Waals surface area contributed by atoms with Crippen LogP contribution in [0.3, 0.4) is 0 Å². The van der Waals surface area contributed by atoms with E-state index in [4.69, 9.17) is 27.7 Å². The fraction of sp³-hybridized carbons (Fsp3) is 0.971. The van der Waals surface area contributed by atoms with E-state index in [-0.39, 0.29) is 11.5 Å². The van der Waals surface area contributed by atoms with E-state index in [0.29, 0.717) is 35.9 Å². The molecule has 9 atom stereocenters. The lowest BCUT2D eigenvalue weighted by Gasteiger charge is -2.65. The fourth-order valence-corrected chi connectivity index (χ4v) is 14.7. The summed E-state index contributed by atoms with van der Waals surface area (Å²) < 4.78 is 28.2. The zero-order valence-corrected chi connectivity index (χ0v) is 35.3. The van der Waals surface area contributed by atoms with Gasteiger partial charge in [0.15, 0.2) is 33.3 Å². The molecule has 0 saturated heterocycles. The molecule has 4 aliphatic rings. The molecular formula is C34H69NO5Si4. The van der Waals surface area contributed by atoms with E-state index >= 15 is 0 Å². The number of hydrogen-bond donors (Lipinski definition) is 0. The van der Waals surface area contributed by atoms with E-state index in [9.17, 15) is 0 Å². The van der Waals surface area contributed by atoms with Crippen LogP contribution >= 0.6 is 0 Å². The Kier molecular flexibility index (Phi) is 10.6. The Morgan fingerprint density at radius 2 is 1.39 bits per heavy atom. The highest BCUT2D eigenvalue weighted by Crippen LogP contribution is 2.70. The van der Waals surface area contributed by atoms with E-state index in [1.807, 2.05) is 0 Å². The van der Waals surface area contributed by atoms with Gasteiger partial charge in [0.25, 0.3) is 0 Å². The highest BCUT2D eigenvalue weighted by atomic mass is 28.4. The molecule has 0 spiro atoms. The van der Waals surface area contributed by atoms with Gasteiger partial charge in [-0.3, -0.25) is 0 Å². The van der Waals surface area contributed by atoms with Gasteiger partial charge >= 0.3 is 0 Å². The van der Waals surface area contributed by atoms with Crippen LogP contribution in [-0.2, 0) is 22.5 Å². The maximum absolute atomic E-state index is 7.50. The first-order valence-corrected chi connectivity index (χ1v) is 31.4. The van der Waals surface area contributed by atoms with Gasteiger partial charge in [-0.1, -0.05) is 19.0 Å². The van der Waals surface area contributed by atoms with E-state index < -0.39 is 38.9 Å². The lowest BCUT2D eigenvalue weighted by atomic mass is 9.43. The third-order valence-electron chi connectivity index (χ3n) is 11.5. The van der Waals surface area contributed by atoms with Crippen molar-refractivity contribution in [2.75, 3.05) is 13.7 Å². The first-order chi connectivity index (χ1) is 19.9. The minimum atomic E-state index is -1.99. The molecule has 4 fully saturated rings. The predicted molar refractivity (Wildman–Crippen MR) is 194 cm³/mol. The van der Waals surface area contributed by atoms with Crippen LogP contribution in [0.2, 0.25) is 78.6 Å². The third kappa shape index (κ3) is 7.73. The van der Waals surface area contributed by atoms with Gasteiger partial charge < -0.3 is 22.5 Å². The molecule has 0 aromatic rings. The molecule has 10 heteroatoms. The summed E-state index contributed by atoms with van der Waals surface area (Å²) in [4.78, 5) is 5.62. The Hall–Kier alpha value is 0.178. The van der Waals surface area contributed by atoms with Crippen LogP contribution in [0.1, 0.15) is 65.2 Å². The van der Waals surface area contributed by atoms with Crippen molar-refractivity contribution in [1.29, 1.82) is 0 Å². The number of nitrogens with zero attached hydrogens (tertiary/aromatic N) is 1. The quantitative estimate of drug-likeness (QED) is 0.123. The fourth-order valence-electron chi connectivity index (χ4n) is 10.3. The molecule has 4 saturated carbocycles. The van der Waals surface area contributed by atoms with Gasteiger partial charge in [-0.15, -0.1) is 0 Å². The summed E-state index contributed by atoms with van der Waals surface area (Å²) in [6.07, 6.45) is 10.2. The maximum Gasteiger partial charge on any atom is 0.185 e. The van der Waals surface area contributed by atoms with Crippen LogP contribution in [0.4, 0.5) is 0 Å². The van der Waals surface area contributed by atoms with Gasteiger partial charge in [0.2, 0.25) is 0 Å². The summed E-state index contributed by atoms with van der Waals surface area (Å²) >= 11 is 0. The van der Waals surface area contributed by atoms with Gasteiger partial charge in [-0.2, -0.15) is 0 Å². The second-order valence-electron chi connectivity index (χ2n) is 19.3. The van der Waals surface area contributed by atoms with Gasteiger partial charge in [-0.25, -0.2) is 0 Å². The third-order valence-corrected chi connectivity index (χ3v) is 15.5. The Morgan fingerprint density at radius 3 is 1.93 bits per heavy atom. The molecule has 256 valence electrons. The van der Waals surface area contributed by atoms with Crippen LogP contribution in [0.5, 0.6) is 0 Å². The van der Waals surface area contributed by atoms with E-state index in [1.165, 1.54) is 38.5 Å². The summed E-state index contributed by atoms with van der Waals surface area (Å²) in [6, 6.07) is 0. The molecule has 4 aliphatic carbocycles. The molecule has 0 heterocycles. The van der Waals surface area contributed by atoms with Crippen molar-refractivity contribution in [3.63, 3.8) is 0 Å². The standard InChI is InChI=1S/C34H69NO5Si4/c1-32-20-18-26(38-42(7,8)9)22-25(32)16-17-27-28-19-21-34(40-44(13,14)15,30(35-36-3)24-37-41(4,5)6)33(28,2)23-29(31(27)32)39-43(10,11)12/h25-29,31H,16-24H2,1-15H3/t25-,26-,27?,28?,29+,31?,32+,33+,34+/m1/s1. The highest BCUT2D eigenvalue weighted by Gasteiger charge is 2.70. The average molecular weight is 684 g/mol. The van der Waals surface area contributed by atoms with E-state index in [1.54, 1.807) is 7.11 Å². The van der Waals surface area contributed by atoms with Crippen LogP contribution in [-0.4, -0.2) is 70.5 Å². The summed E-state index contributed by atoms with van der Waals surface area (Å²) in [6.45, 7) is 33.7. The normalized spacial score (nSPS) is 40.3. The van der Waals surface area contributed by atoms with Crippen molar-refractivity contribution in [2.45, 2.75) is 162 Å². The molecule has 0 aliphatic heterocycles. The van der Waals surface area contributed by atoms with Gasteiger partial charge in [0, 0.05) is 17.6 Å². The Morgan fingerprint density at radius 1 is 0.750 bits per heavy atom. The smallest absolute Gasteiger partial charge is 0.185 e. The molecule has 44 heavy (non-hydrogen) atoms. The van der Waals surface area contributed by atoms with Gasteiger partial charge in [0.05, 0.1) is 6.61 Å². The molecule has 0 aromatic carbocycles. The summed E-state index contributed by atoms with van der Waals surface area (Å²) in [7, 11) is -5.49. The SMILES string of the molecule is CON=C(CO[Si](C)(C)C)[C@@]1(O[Si](C)(C)C)CCC2C3CC[C@@H]4C[C@H](O[Si](C)(C)C)CC[C@]4(C)C3[C@@H](O[Si](C)(C)C)C[C@@]21C. The minimum Gasteiger partial charge on any atom is -0.415 e. The molecule has 4 rings (SSSR count). The molecular weight excluding hydrogens is 615 g/mol. The summed E-state index contributed by atoms with van der Waals surface area (Å²) in [5.74, 6) is 2.52. The first kappa shape index (κ1) is 37.0.